The number of aromatic nitrogens is 4. The molecule has 2 heterocycles. The zero-order valence-electron chi connectivity index (χ0n) is 17.8. The lowest BCUT2D eigenvalue weighted by Crippen LogP contribution is -2.27. The van der Waals surface area contributed by atoms with Gasteiger partial charge in [0.05, 0.1) is 35.8 Å². The van der Waals surface area contributed by atoms with Gasteiger partial charge in [-0.25, -0.2) is 10.1 Å². The number of hydrogen-bond donors (Lipinski definition) is 3. The molecule has 0 unspecified atom stereocenters. The molecule has 3 aromatic rings. The third-order valence-electron chi connectivity index (χ3n) is 4.44. The quantitative estimate of drug-likeness (QED) is 0.418. The molecule has 2 aromatic heterocycles. The monoisotopic (exact) mass is 505 g/mol. The van der Waals surface area contributed by atoms with Crippen molar-refractivity contribution in [1.82, 2.24) is 25.1 Å². The maximum Gasteiger partial charge on any atom is 0.437 e. The van der Waals surface area contributed by atoms with Gasteiger partial charge in [-0.15, -0.1) is 0 Å². The molecule has 0 radical (unpaired) electrons. The molecule has 180 valence electrons. The van der Waals surface area contributed by atoms with Crippen LogP contribution in [0.25, 0.3) is 5.57 Å². The summed E-state index contributed by atoms with van der Waals surface area (Å²) in [5.41, 5.74) is -3.04. The first-order valence-electron chi connectivity index (χ1n) is 9.59. The fourth-order valence-corrected chi connectivity index (χ4v) is 3.18. The first-order chi connectivity index (χ1) is 16.6. The third kappa shape index (κ3) is 5.74. The number of H-pyrrole nitrogens is 1. The highest BCUT2D eigenvalue weighted by atomic mass is 35.5. The number of nitrogens with one attached hydrogen (secondary N) is 3. The van der Waals surface area contributed by atoms with Gasteiger partial charge in [-0.2, -0.15) is 23.5 Å². The van der Waals surface area contributed by atoms with E-state index in [4.69, 9.17) is 27.0 Å². The van der Waals surface area contributed by atoms with E-state index < -0.39 is 28.7 Å². The predicted octanol–water partition coefficient (Wildman–Crippen LogP) is 2.92. The second-order valence-electron chi connectivity index (χ2n) is 6.88. The fraction of sp³-hybridized carbons (Fsp3) is 0.143. The van der Waals surface area contributed by atoms with Crippen LogP contribution in [0.4, 0.5) is 13.2 Å². The van der Waals surface area contributed by atoms with Gasteiger partial charge in [-0.3, -0.25) is 14.2 Å². The molecule has 1 aromatic carbocycles. The van der Waals surface area contributed by atoms with Gasteiger partial charge in [0.1, 0.15) is 5.75 Å². The van der Waals surface area contributed by atoms with Crippen LogP contribution < -0.4 is 21.2 Å². The number of aromatic amines is 1. The molecule has 0 aliphatic rings. The van der Waals surface area contributed by atoms with Gasteiger partial charge >= 0.3 is 6.18 Å². The average molecular weight is 506 g/mol. The van der Waals surface area contributed by atoms with Crippen molar-refractivity contribution in [2.24, 2.45) is 0 Å². The summed E-state index contributed by atoms with van der Waals surface area (Å²) in [5, 5.41) is 25.2. The van der Waals surface area contributed by atoms with Crippen LogP contribution in [0.2, 0.25) is 5.02 Å². The predicted molar refractivity (Wildman–Crippen MR) is 120 cm³/mol. The number of benzene rings is 1. The molecule has 10 nitrogen and oxygen atoms in total. The van der Waals surface area contributed by atoms with Crippen molar-refractivity contribution in [2.45, 2.75) is 12.7 Å². The Hall–Kier alpha value is -4.44. The van der Waals surface area contributed by atoms with Crippen LogP contribution in [0.5, 0.6) is 11.5 Å². The summed E-state index contributed by atoms with van der Waals surface area (Å²) in [6.45, 7) is -0.381. The molecule has 0 aliphatic heterocycles. The maximum absolute atomic E-state index is 13.6. The fourth-order valence-electron chi connectivity index (χ4n) is 2.95. The Bertz CT molecular complexity index is 1470. The summed E-state index contributed by atoms with van der Waals surface area (Å²) in [5.74, 6) is -1.40. The van der Waals surface area contributed by atoms with E-state index in [2.05, 4.69) is 20.5 Å². The summed E-state index contributed by atoms with van der Waals surface area (Å²) < 4.78 is 46.7. The van der Waals surface area contributed by atoms with Crippen molar-refractivity contribution in [1.29, 1.82) is 10.7 Å². The van der Waals surface area contributed by atoms with Crippen LogP contribution in [0.15, 0.2) is 46.4 Å². The lowest BCUT2D eigenvalue weighted by Gasteiger charge is -2.15. The van der Waals surface area contributed by atoms with Crippen molar-refractivity contribution in [3.8, 4) is 17.6 Å². The molecule has 0 saturated heterocycles. The minimum Gasteiger partial charge on any atom is -0.449 e. The lowest BCUT2D eigenvalue weighted by atomic mass is 10.1. The molecular formula is C21H15ClF3N7O3. The van der Waals surface area contributed by atoms with Crippen molar-refractivity contribution < 1.29 is 17.9 Å². The zero-order chi connectivity index (χ0) is 25.8. The van der Waals surface area contributed by atoms with Gasteiger partial charge in [0.15, 0.2) is 5.69 Å². The van der Waals surface area contributed by atoms with Crippen LogP contribution in [-0.4, -0.2) is 33.0 Å². The number of hydrogen-bond acceptors (Lipinski definition) is 8. The highest BCUT2D eigenvalue weighted by molar-refractivity contribution is 6.30. The molecule has 0 atom stereocenters. The van der Waals surface area contributed by atoms with Gasteiger partial charge < -0.3 is 15.5 Å². The largest absolute Gasteiger partial charge is 0.449 e. The number of halogens is 4. The van der Waals surface area contributed by atoms with E-state index in [-0.39, 0.29) is 39.7 Å². The van der Waals surface area contributed by atoms with Crippen LogP contribution in [0, 0.1) is 16.7 Å². The van der Waals surface area contributed by atoms with Gasteiger partial charge in [0, 0.05) is 30.1 Å². The molecule has 35 heavy (non-hydrogen) atoms. The van der Waals surface area contributed by atoms with E-state index in [0.29, 0.717) is 6.33 Å². The van der Waals surface area contributed by atoms with E-state index in [1.807, 2.05) is 0 Å². The standard InChI is InChI=1S/C21H15ClF3N7O3/c1-28-8-12(7-27)16-5-14(30-31-19(16)33)9-32-10-29-18(21(23,24)25)17(20(32)34)35-15-3-11(6-26)2-13(22)4-15/h2-5,7-8,10,27-28H,9H2,1H3,(H,31,33)/b12-8+,27-7?. The Morgan fingerprint density at radius 2 is 2.09 bits per heavy atom. The number of rotatable bonds is 7. The summed E-state index contributed by atoms with van der Waals surface area (Å²) in [6.07, 6.45) is -2.04. The summed E-state index contributed by atoms with van der Waals surface area (Å²) >= 11 is 5.88. The van der Waals surface area contributed by atoms with Gasteiger partial charge in [-0.05, 0) is 24.3 Å². The molecule has 0 saturated carbocycles. The van der Waals surface area contributed by atoms with Gasteiger partial charge in [0.2, 0.25) is 5.75 Å². The smallest absolute Gasteiger partial charge is 0.437 e. The minimum atomic E-state index is -5.02. The van der Waals surface area contributed by atoms with Crippen molar-refractivity contribution in [3.05, 3.63) is 85.0 Å². The zero-order valence-corrected chi connectivity index (χ0v) is 18.5. The van der Waals surface area contributed by atoms with E-state index >= 15 is 0 Å². The number of allylic oxidation sites excluding steroid dienone is 1. The second kappa shape index (κ2) is 10.2. The molecule has 0 bridgehead atoms. The number of nitrogens with zero attached hydrogens (tertiary/aromatic N) is 4. The van der Waals surface area contributed by atoms with Crippen LogP contribution in [-0.2, 0) is 12.7 Å². The molecule has 0 amide bonds. The van der Waals surface area contributed by atoms with Crippen LogP contribution in [0.1, 0.15) is 22.5 Å². The third-order valence-corrected chi connectivity index (χ3v) is 4.66. The molecule has 14 heteroatoms. The van der Waals surface area contributed by atoms with Gasteiger partial charge in [0.25, 0.3) is 11.1 Å². The van der Waals surface area contributed by atoms with E-state index in [0.717, 1.165) is 22.9 Å². The summed E-state index contributed by atoms with van der Waals surface area (Å²) in [4.78, 5) is 28.4. The lowest BCUT2D eigenvalue weighted by molar-refractivity contribution is -0.142. The maximum atomic E-state index is 13.6. The first kappa shape index (κ1) is 25.2. The number of ether oxygens (including phenoxy) is 1. The highest BCUT2D eigenvalue weighted by Crippen LogP contribution is 2.35. The second-order valence-corrected chi connectivity index (χ2v) is 7.31. The van der Waals surface area contributed by atoms with E-state index in [9.17, 15) is 22.8 Å². The molecule has 3 rings (SSSR count). The average Bonchev–Trinajstić information content (AvgIpc) is 2.80. The molecule has 0 spiro atoms. The summed E-state index contributed by atoms with van der Waals surface area (Å²) in [6, 6.07) is 6.59. The van der Waals surface area contributed by atoms with Crippen molar-refractivity contribution in [2.75, 3.05) is 7.05 Å². The van der Waals surface area contributed by atoms with Gasteiger partial charge in [-0.1, -0.05) is 11.6 Å². The van der Waals surface area contributed by atoms with E-state index in [1.54, 1.807) is 13.1 Å². The van der Waals surface area contributed by atoms with Crippen molar-refractivity contribution in [3.63, 3.8) is 0 Å². The summed E-state index contributed by atoms with van der Waals surface area (Å²) in [7, 11) is 1.56. The Balaban J connectivity index is 2.09. The first-order valence-corrected chi connectivity index (χ1v) is 9.97. The highest BCUT2D eigenvalue weighted by Gasteiger charge is 2.38. The molecular weight excluding hydrogens is 491 g/mol. The number of alkyl halides is 3. The molecule has 0 fully saturated rings. The Kier molecular flexibility index (Phi) is 7.36. The van der Waals surface area contributed by atoms with Crippen molar-refractivity contribution >= 4 is 23.4 Å². The molecule has 0 aliphatic carbocycles. The van der Waals surface area contributed by atoms with Crippen LogP contribution in [0.3, 0.4) is 0 Å². The molecule has 3 N–H and O–H groups in total. The van der Waals surface area contributed by atoms with Crippen LogP contribution >= 0.6 is 11.6 Å². The van der Waals surface area contributed by atoms with E-state index in [1.165, 1.54) is 18.3 Å². The Morgan fingerprint density at radius 1 is 1.34 bits per heavy atom. The minimum absolute atomic E-state index is 0.00636. The SMILES string of the molecule is CN/C=C(\C=N)c1cc(Cn2cnc(C(F)(F)F)c(Oc3cc(Cl)cc(C#N)c3)c2=O)n[nH]c1=O. The number of nitriles is 1. The normalized spacial score (nSPS) is 11.6. The Labute approximate surface area is 199 Å². The topological polar surface area (TPSA) is 150 Å². The Morgan fingerprint density at radius 3 is 2.71 bits per heavy atom.